The van der Waals surface area contributed by atoms with Gasteiger partial charge in [-0.1, -0.05) is 18.2 Å². The van der Waals surface area contributed by atoms with Crippen molar-refractivity contribution in [3.63, 3.8) is 0 Å². The number of likely N-dealkylation sites (tertiary alicyclic amines) is 1. The molecule has 2 aromatic rings. The van der Waals surface area contributed by atoms with E-state index in [9.17, 15) is 4.79 Å². The number of carbonyl (C=O) groups is 1. The third-order valence-corrected chi connectivity index (χ3v) is 6.19. The fourth-order valence-electron chi connectivity index (χ4n) is 4.66. The van der Waals surface area contributed by atoms with Crippen molar-refractivity contribution in [2.45, 2.75) is 32.7 Å². The van der Waals surface area contributed by atoms with E-state index < -0.39 is 0 Å². The molecule has 2 aliphatic heterocycles. The molecule has 150 valence electrons. The Labute approximate surface area is 167 Å². The number of piperazine rings is 1. The summed E-state index contributed by atoms with van der Waals surface area (Å²) in [5.74, 6) is 0.117. The SMILES string of the molecule is Cc1cc(C(=O)N2CCC[C@H](N3CCN(c4ccccc4C)CC3)C2)n(C)n1. The highest BCUT2D eigenvalue weighted by atomic mass is 16.2. The first-order chi connectivity index (χ1) is 13.5. The van der Waals surface area contributed by atoms with Gasteiger partial charge in [0.1, 0.15) is 5.69 Å². The van der Waals surface area contributed by atoms with Crippen molar-refractivity contribution < 1.29 is 4.79 Å². The standard InChI is InChI=1S/C22H31N5O/c1-17-7-4-5-9-20(17)26-13-11-25(12-14-26)19-8-6-10-27(16-19)22(28)21-15-18(2)23-24(21)3/h4-5,7,9,15,19H,6,8,10-14,16H2,1-3H3/t19-/m0/s1. The van der Waals surface area contributed by atoms with E-state index in [2.05, 4.69) is 46.1 Å². The van der Waals surface area contributed by atoms with E-state index in [0.717, 1.165) is 51.4 Å². The molecule has 2 aliphatic rings. The average Bonchev–Trinajstić information content (AvgIpc) is 3.06. The fourth-order valence-corrected chi connectivity index (χ4v) is 4.66. The van der Waals surface area contributed by atoms with Crippen molar-refractivity contribution in [1.82, 2.24) is 19.6 Å². The zero-order chi connectivity index (χ0) is 19.7. The molecule has 0 unspecified atom stereocenters. The monoisotopic (exact) mass is 381 g/mol. The number of para-hydroxylation sites is 1. The second-order valence-electron chi connectivity index (χ2n) is 8.15. The van der Waals surface area contributed by atoms with Crippen molar-refractivity contribution in [1.29, 1.82) is 0 Å². The second kappa shape index (κ2) is 7.95. The third kappa shape index (κ3) is 3.78. The van der Waals surface area contributed by atoms with E-state index in [4.69, 9.17) is 0 Å². The summed E-state index contributed by atoms with van der Waals surface area (Å²) < 4.78 is 1.71. The third-order valence-electron chi connectivity index (χ3n) is 6.19. The maximum absolute atomic E-state index is 13.0. The smallest absolute Gasteiger partial charge is 0.272 e. The highest BCUT2D eigenvalue weighted by Crippen LogP contribution is 2.24. The molecule has 0 spiro atoms. The molecule has 0 N–H and O–H groups in total. The number of benzene rings is 1. The number of piperidine rings is 1. The van der Waals surface area contributed by atoms with Crippen molar-refractivity contribution in [3.8, 4) is 0 Å². The molecular formula is C22H31N5O. The number of rotatable bonds is 3. The van der Waals surface area contributed by atoms with Gasteiger partial charge in [-0.3, -0.25) is 14.4 Å². The van der Waals surface area contributed by atoms with Crippen molar-refractivity contribution >= 4 is 11.6 Å². The molecule has 3 heterocycles. The Hall–Kier alpha value is -2.34. The van der Waals surface area contributed by atoms with Crippen LogP contribution in [0.2, 0.25) is 0 Å². The number of nitrogens with zero attached hydrogens (tertiary/aromatic N) is 5. The minimum Gasteiger partial charge on any atom is -0.369 e. The zero-order valence-corrected chi connectivity index (χ0v) is 17.3. The molecule has 0 bridgehead atoms. The van der Waals surface area contributed by atoms with Gasteiger partial charge in [0, 0.05) is 58.0 Å². The molecule has 0 radical (unpaired) electrons. The highest BCUT2D eigenvalue weighted by Gasteiger charge is 2.31. The summed E-state index contributed by atoms with van der Waals surface area (Å²) in [5, 5.41) is 4.33. The maximum atomic E-state index is 13.0. The second-order valence-corrected chi connectivity index (χ2v) is 8.15. The van der Waals surface area contributed by atoms with Crippen LogP contribution in [0, 0.1) is 13.8 Å². The number of amides is 1. The van der Waals surface area contributed by atoms with Gasteiger partial charge in [0.15, 0.2) is 0 Å². The first-order valence-corrected chi connectivity index (χ1v) is 10.4. The molecular weight excluding hydrogens is 350 g/mol. The lowest BCUT2D eigenvalue weighted by Gasteiger charge is -2.44. The Morgan fingerprint density at radius 3 is 2.50 bits per heavy atom. The van der Waals surface area contributed by atoms with E-state index in [1.165, 1.54) is 17.7 Å². The van der Waals surface area contributed by atoms with Crippen LogP contribution in [0.5, 0.6) is 0 Å². The van der Waals surface area contributed by atoms with Crippen LogP contribution in [0.25, 0.3) is 0 Å². The fraction of sp³-hybridized carbons (Fsp3) is 0.545. The summed E-state index contributed by atoms with van der Waals surface area (Å²) in [6, 6.07) is 11.0. The van der Waals surface area contributed by atoms with Crippen molar-refractivity contribution in [3.05, 3.63) is 47.3 Å². The van der Waals surface area contributed by atoms with Crippen LogP contribution in [-0.4, -0.2) is 70.8 Å². The summed E-state index contributed by atoms with van der Waals surface area (Å²) in [4.78, 5) is 20.1. The van der Waals surface area contributed by atoms with Crippen LogP contribution in [0.4, 0.5) is 5.69 Å². The van der Waals surface area contributed by atoms with Crippen LogP contribution >= 0.6 is 0 Å². The Bertz CT molecular complexity index is 837. The molecule has 6 heteroatoms. The summed E-state index contributed by atoms with van der Waals surface area (Å²) in [6.07, 6.45) is 2.25. The average molecular weight is 382 g/mol. The quantitative estimate of drug-likeness (QED) is 0.819. The first-order valence-electron chi connectivity index (χ1n) is 10.4. The lowest BCUT2D eigenvalue weighted by molar-refractivity contribution is 0.0553. The molecule has 1 atom stereocenters. The van der Waals surface area contributed by atoms with E-state index in [0.29, 0.717) is 11.7 Å². The molecule has 4 rings (SSSR count). The summed E-state index contributed by atoms with van der Waals surface area (Å²) >= 11 is 0. The summed E-state index contributed by atoms with van der Waals surface area (Å²) in [5.41, 5.74) is 4.29. The number of carbonyl (C=O) groups excluding carboxylic acids is 1. The lowest BCUT2D eigenvalue weighted by atomic mass is 10.0. The van der Waals surface area contributed by atoms with Gasteiger partial charge < -0.3 is 9.80 Å². The normalized spacial score (nSPS) is 21.2. The minimum atomic E-state index is 0.117. The highest BCUT2D eigenvalue weighted by molar-refractivity contribution is 5.92. The van der Waals surface area contributed by atoms with E-state index >= 15 is 0 Å². The number of aromatic nitrogens is 2. The van der Waals surface area contributed by atoms with Gasteiger partial charge in [-0.2, -0.15) is 5.10 Å². The summed E-state index contributed by atoms with van der Waals surface area (Å²) in [7, 11) is 1.85. The van der Waals surface area contributed by atoms with E-state index in [-0.39, 0.29) is 5.91 Å². The minimum absolute atomic E-state index is 0.117. The lowest BCUT2D eigenvalue weighted by Crippen LogP contribution is -2.56. The number of hydrogen-bond acceptors (Lipinski definition) is 4. The van der Waals surface area contributed by atoms with Gasteiger partial charge in [0.25, 0.3) is 5.91 Å². The molecule has 1 amide bonds. The molecule has 1 aromatic carbocycles. The van der Waals surface area contributed by atoms with Gasteiger partial charge >= 0.3 is 0 Å². The Kier molecular flexibility index (Phi) is 5.40. The van der Waals surface area contributed by atoms with Crippen LogP contribution in [0.3, 0.4) is 0 Å². The Morgan fingerprint density at radius 2 is 1.82 bits per heavy atom. The van der Waals surface area contributed by atoms with Crippen LogP contribution in [0.1, 0.15) is 34.6 Å². The topological polar surface area (TPSA) is 44.6 Å². The molecule has 2 fully saturated rings. The van der Waals surface area contributed by atoms with E-state index in [1.54, 1.807) is 4.68 Å². The zero-order valence-electron chi connectivity index (χ0n) is 17.3. The molecule has 2 saturated heterocycles. The first kappa shape index (κ1) is 19.0. The summed E-state index contributed by atoms with van der Waals surface area (Å²) in [6.45, 7) is 10.0. The predicted octanol–water partition coefficient (Wildman–Crippen LogP) is 2.46. The van der Waals surface area contributed by atoms with Crippen molar-refractivity contribution in [2.75, 3.05) is 44.2 Å². The van der Waals surface area contributed by atoms with Gasteiger partial charge in [-0.05, 0) is 44.4 Å². The van der Waals surface area contributed by atoms with Crippen LogP contribution in [0.15, 0.2) is 30.3 Å². The van der Waals surface area contributed by atoms with Gasteiger partial charge in [-0.25, -0.2) is 0 Å². The number of aryl methyl sites for hydroxylation is 3. The van der Waals surface area contributed by atoms with Crippen molar-refractivity contribution in [2.24, 2.45) is 7.05 Å². The maximum Gasteiger partial charge on any atom is 0.272 e. The predicted molar refractivity (Wildman–Crippen MR) is 112 cm³/mol. The molecule has 0 aliphatic carbocycles. The van der Waals surface area contributed by atoms with Gasteiger partial charge in [0.05, 0.1) is 5.69 Å². The molecule has 0 saturated carbocycles. The van der Waals surface area contributed by atoms with Gasteiger partial charge in [0.2, 0.25) is 0 Å². The molecule has 1 aromatic heterocycles. The molecule has 6 nitrogen and oxygen atoms in total. The van der Waals surface area contributed by atoms with Gasteiger partial charge in [-0.15, -0.1) is 0 Å². The Balaban J connectivity index is 1.37. The number of anilines is 1. The number of hydrogen-bond donors (Lipinski definition) is 0. The van der Waals surface area contributed by atoms with Crippen LogP contribution in [-0.2, 0) is 7.05 Å². The largest absolute Gasteiger partial charge is 0.369 e. The van der Waals surface area contributed by atoms with E-state index in [1.807, 2.05) is 24.9 Å². The Morgan fingerprint density at radius 1 is 1.07 bits per heavy atom. The molecule has 28 heavy (non-hydrogen) atoms. The van der Waals surface area contributed by atoms with Crippen LogP contribution < -0.4 is 4.90 Å².